The zero-order chi connectivity index (χ0) is 11.1. The Labute approximate surface area is 85.0 Å². The van der Waals surface area contributed by atoms with Crippen molar-refractivity contribution in [3.8, 4) is 0 Å². The van der Waals surface area contributed by atoms with Gasteiger partial charge in [-0.2, -0.15) is 0 Å². The van der Waals surface area contributed by atoms with Gasteiger partial charge in [-0.1, -0.05) is 0 Å². The second-order valence-electron chi connectivity index (χ2n) is 2.48. The number of nitrogens with zero attached hydrogens (tertiary/aromatic N) is 1. The molecule has 0 atom stereocenters. The fraction of sp³-hybridized carbons (Fsp3) is 0.125. The van der Waals surface area contributed by atoms with Crippen LogP contribution in [0.3, 0.4) is 0 Å². The van der Waals surface area contributed by atoms with Gasteiger partial charge in [0.25, 0.3) is 0 Å². The Kier molecular flexibility index (Phi) is 4.05. The molecule has 0 aliphatic carbocycles. The number of carbonyl (C=O) groups is 2. The van der Waals surface area contributed by atoms with Crippen molar-refractivity contribution < 1.29 is 19.5 Å². The molecule has 1 aromatic heterocycles. The summed E-state index contributed by atoms with van der Waals surface area (Å²) in [5.74, 6) is -1.17. The van der Waals surface area contributed by atoms with Crippen molar-refractivity contribution in [1.82, 2.24) is 10.5 Å². The first-order valence-electron chi connectivity index (χ1n) is 3.99. The maximum Gasteiger partial charge on any atom is 0.343 e. The molecular formula is C8H9N3O4. The molecule has 0 saturated heterocycles. The SMILES string of the molecule is O=C(O)CONC(=O)Nc1cccnc1. The number of aliphatic carboxylic acids is 1. The van der Waals surface area contributed by atoms with Crippen molar-refractivity contribution in [3.63, 3.8) is 0 Å². The van der Waals surface area contributed by atoms with Gasteiger partial charge < -0.3 is 10.4 Å². The molecule has 0 saturated carbocycles. The van der Waals surface area contributed by atoms with Gasteiger partial charge in [0.05, 0.1) is 11.9 Å². The van der Waals surface area contributed by atoms with E-state index in [-0.39, 0.29) is 0 Å². The number of nitrogens with one attached hydrogen (secondary N) is 2. The Morgan fingerprint density at radius 3 is 2.93 bits per heavy atom. The molecule has 2 amide bonds. The molecule has 1 aromatic rings. The molecule has 7 nitrogen and oxygen atoms in total. The zero-order valence-corrected chi connectivity index (χ0v) is 7.64. The number of anilines is 1. The van der Waals surface area contributed by atoms with E-state index in [9.17, 15) is 9.59 Å². The third-order valence-electron chi connectivity index (χ3n) is 1.28. The summed E-state index contributed by atoms with van der Waals surface area (Å²) < 4.78 is 0. The van der Waals surface area contributed by atoms with E-state index in [2.05, 4.69) is 15.1 Å². The van der Waals surface area contributed by atoms with Gasteiger partial charge in [0.1, 0.15) is 0 Å². The smallest absolute Gasteiger partial charge is 0.343 e. The van der Waals surface area contributed by atoms with E-state index in [1.54, 1.807) is 18.3 Å². The molecule has 1 heterocycles. The molecule has 0 radical (unpaired) electrons. The first kappa shape index (κ1) is 10.9. The fourth-order valence-electron chi connectivity index (χ4n) is 0.757. The predicted molar refractivity (Wildman–Crippen MR) is 50.0 cm³/mol. The number of urea groups is 1. The van der Waals surface area contributed by atoms with E-state index in [1.165, 1.54) is 6.20 Å². The van der Waals surface area contributed by atoms with Crippen LogP contribution in [-0.2, 0) is 9.63 Å². The summed E-state index contributed by atoms with van der Waals surface area (Å²) in [4.78, 5) is 29.2. The minimum atomic E-state index is -1.17. The summed E-state index contributed by atoms with van der Waals surface area (Å²) >= 11 is 0. The number of aromatic nitrogens is 1. The molecule has 3 N–H and O–H groups in total. The molecule has 7 heteroatoms. The number of amides is 2. The van der Waals surface area contributed by atoms with Gasteiger partial charge in [-0.25, -0.2) is 15.1 Å². The van der Waals surface area contributed by atoms with E-state index >= 15 is 0 Å². The minimum absolute atomic E-state index is 0.480. The molecule has 0 fully saturated rings. The lowest BCUT2D eigenvalue weighted by Gasteiger charge is -2.05. The van der Waals surface area contributed by atoms with Gasteiger partial charge >= 0.3 is 12.0 Å². The van der Waals surface area contributed by atoms with E-state index in [4.69, 9.17) is 5.11 Å². The second-order valence-corrected chi connectivity index (χ2v) is 2.48. The zero-order valence-electron chi connectivity index (χ0n) is 7.64. The highest BCUT2D eigenvalue weighted by Gasteiger charge is 2.02. The Morgan fingerprint density at radius 1 is 1.53 bits per heavy atom. The lowest BCUT2D eigenvalue weighted by Crippen LogP contribution is -2.30. The average molecular weight is 211 g/mol. The van der Waals surface area contributed by atoms with E-state index in [0.717, 1.165) is 0 Å². The number of hydroxylamine groups is 1. The van der Waals surface area contributed by atoms with Gasteiger partial charge in [0.2, 0.25) is 0 Å². The summed E-state index contributed by atoms with van der Waals surface area (Å²) in [5.41, 5.74) is 2.38. The van der Waals surface area contributed by atoms with Crippen molar-refractivity contribution in [2.45, 2.75) is 0 Å². The number of carboxylic acids is 1. The van der Waals surface area contributed by atoms with Crippen LogP contribution in [0.2, 0.25) is 0 Å². The summed E-state index contributed by atoms with van der Waals surface area (Å²) in [7, 11) is 0. The first-order chi connectivity index (χ1) is 7.18. The van der Waals surface area contributed by atoms with Crippen LogP contribution in [0.1, 0.15) is 0 Å². The summed E-state index contributed by atoms with van der Waals surface area (Å²) in [6, 6.07) is 2.61. The maximum atomic E-state index is 11.0. The van der Waals surface area contributed by atoms with Crippen molar-refractivity contribution in [1.29, 1.82) is 0 Å². The third-order valence-corrected chi connectivity index (χ3v) is 1.28. The molecule has 0 spiro atoms. The number of carboxylic acid groups (broad SMARTS) is 1. The number of carbonyl (C=O) groups excluding carboxylic acids is 1. The molecule has 0 aromatic carbocycles. The van der Waals surface area contributed by atoms with E-state index < -0.39 is 18.6 Å². The topological polar surface area (TPSA) is 101 Å². The first-order valence-corrected chi connectivity index (χ1v) is 3.99. The predicted octanol–water partition coefficient (Wildman–Crippen LogP) is 0.219. The molecule has 0 unspecified atom stereocenters. The Bertz CT molecular complexity index is 341. The molecular weight excluding hydrogens is 202 g/mol. The highest BCUT2D eigenvalue weighted by Crippen LogP contribution is 2.01. The van der Waals surface area contributed by atoms with Gasteiger partial charge in [0, 0.05) is 6.20 Å². The van der Waals surface area contributed by atoms with Crippen molar-refractivity contribution in [2.24, 2.45) is 0 Å². The van der Waals surface area contributed by atoms with Crippen LogP contribution < -0.4 is 10.8 Å². The highest BCUT2D eigenvalue weighted by atomic mass is 16.7. The number of hydrogen-bond donors (Lipinski definition) is 3. The molecule has 1 rings (SSSR count). The summed E-state index contributed by atoms with van der Waals surface area (Å²) in [5, 5.41) is 10.6. The highest BCUT2D eigenvalue weighted by molar-refractivity contribution is 5.88. The number of hydrogen-bond acceptors (Lipinski definition) is 4. The fourth-order valence-corrected chi connectivity index (χ4v) is 0.757. The number of rotatable bonds is 4. The van der Waals surface area contributed by atoms with Gasteiger partial charge in [0.15, 0.2) is 6.61 Å². The van der Waals surface area contributed by atoms with Crippen molar-refractivity contribution in [3.05, 3.63) is 24.5 Å². The molecule has 0 aliphatic heterocycles. The second kappa shape index (κ2) is 5.55. The molecule has 80 valence electrons. The van der Waals surface area contributed by atoms with Crippen LogP contribution in [0, 0.1) is 0 Å². The monoisotopic (exact) mass is 211 g/mol. The lowest BCUT2D eigenvalue weighted by molar-refractivity contribution is -0.143. The van der Waals surface area contributed by atoms with Crippen LogP contribution in [0.4, 0.5) is 10.5 Å². The van der Waals surface area contributed by atoms with Gasteiger partial charge in [-0.05, 0) is 12.1 Å². The quantitative estimate of drug-likeness (QED) is 0.618. The molecule has 0 bridgehead atoms. The Morgan fingerprint density at radius 2 is 2.33 bits per heavy atom. The van der Waals surface area contributed by atoms with Gasteiger partial charge in [-0.3, -0.25) is 9.82 Å². The van der Waals surface area contributed by atoms with Gasteiger partial charge in [-0.15, -0.1) is 0 Å². The van der Waals surface area contributed by atoms with Crippen molar-refractivity contribution >= 4 is 17.7 Å². The summed E-state index contributed by atoms with van der Waals surface area (Å²) in [6.45, 7) is -0.597. The van der Waals surface area contributed by atoms with Crippen LogP contribution in [0.25, 0.3) is 0 Å². The van der Waals surface area contributed by atoms with Crippen LogP contribution in [0.5, 0.6) is 0 Å². The lowest BCUT2D eigenvalue weighted by atomic mass is 10.4. The summed E-state index contributed by atoms with van der Waals surface area (Å²) in [6.07, 6.45) is 3.00. The third kappa shape index (κ3) is 4.58. The Balaban J connectivity index is 2.28. The molecule has 0 aliphatic rings. The average Bonchev–Trinajstić information content (AvgIpc) is 2.18. The standard InChI is InChI=1S/C8H9N3O4/c12-7(13)5-15-11-8(14)10-6-2-1-3-9-4-6/h1-4H,5H2,(H,12,13)(H2,10,11,14). The van der Waals surface area contributed by atoms with Crippen LogP contribution >= 0.6 is 0 Å². The molecule has 15 heavy (non-hydrogen) atoms. The normalized spacial score (nSPS) is 9.33. The number of pyridine rings is 1. The largest absolute Gasteiger partial charge is 0.479 e. The Hall–Kier alpha value is -2.15. The van der Waals surface area contributed by atoms with Crippen molar-refractivity contribution in [2.75, 3.05) is 11.9 Å². The van der Waals surface area contributed by atoms with Crippen LogP contribution in [-0.4, -0.2) is 28.7 Å². The van der Waals surface area contributed by atoms with E-state index in [1.807, 2.05) is 5.48 Å². The van der Waals surface area contributed by atoms with Crippen LogP contribution in [0.15, 0.2) is 24.5 Å². The van der Waals surface area contributed by atoms with E-state index in [0.29, 0.717) is 5.69 Å². The minimum Gasteiger partial charge on any atom is -0.479 e. The maximum absolute atomic E-state index is 11.0.